The second-order valence-corrected chi connectivity index (χ2v) is 6.06. The predicted molar refractivity (Wildman–Crippen MR) is 75.1 cm³/mol. The van der Waals surface area contributed by atoms with Crippen molar-refractivity contribution in [2.75, 3.05) is 13.1 Å². The van der Waals surface area contributed by atoms with Gasteiger partial charge in [0.05, 0.1) is 5.56 Å². The molecule has 0 spiro atoms. The fourth-order valence-electron chi connectivity index (χ4n) is 2.63. The first-order valence-electron chi connectivity index (χ1n) is 7.00. The highest BCUT2D eigenvalue weighted by Gasteiger charge is 2.33. The van der Waals surface area contributed by atoms with Crippen molar-refractivity contribution < 1.29 is 17.6 Å². The topological polar surface area (TPSA) is 3.24 Å². The van der Waals surface area contributed by atoms with Gasteiger partial charge in [0.25, 0.3) is 0 Å². The first-order valence-corrected chi connectivity index (χ1v) is 7.37. The van der Waals surface area contributed by atoms with Crippen LogP contribution in [-0.4, -0.2) is 23.7 Å². The SMILES string of the molecule is CCC1(F)CCN(Cc2cc(Cl)cc(C(F)(F)F)c2)CC1. The molecule has 1 aromatic rings. The summed E-state index contributed by atoms with van der Waals surface area (Å²) in [5, 5.41) is 0.0743. The van der Waals surface area contributed by atoms with Crippen LogP contribution in [0.25, 0.3) is 0 Å². The Kier molecular flexibility index (Phi) is 4.83. The molecule has 1 heterocycles. The molecule has 0 unspecified atom stereocenters. The van der Waals surface area contributed by atoms with Crippen molar-refractivity contribution in [3.05, 3.63) is 34.3 Å². The van der Waals surface area contributed by atoms with Crippen molar-refractivity contribution in [3.63, 3.8) is 0 Å². The molecule has 2 rings (SSSR count). The maximum absolute atomic E-state index is 14.1. The number of rotatable bonds is 3. The van der Waals surface area contributed by atoms with E-state index in [0.29, 0.717) is 44.5 Å². The summed E-state index contributed by atoms with van der Waals surface area (Å²) >= 11 is 5.76. The number of alkyl halides is 4. The Labute approximate surface area is 126 Å². The number of nitrogens with zero attached hydrogens (tertiary/aromatic N) is 1. The molecule has 0 aromatic heterocycles. The Balaban J connectivity index is 2.06. The third-order valence-corrected chi connectivity index (χ3v) is 4.30. The van der Waals surface area contributed by atoms with Gasteiger partial charge in [0.1, 0.15) is 5.67 Å². The lowest BCUT2D eigenvalue weighted by Crippen LogP contribution is -2.40. The average molecular weight is 324 g/mol. The minimum absolute atomic E-state index is 0.0743. The molecule has 21 heavy (non-hydrogen) atoms. The normalized spacial score (nSPS) is 19.7. The van der Waals surface area contributed by atoms with Crippen molar-refractivity contribution in [2.24, 2.45) is 0 Å². The Morgan fingerprint density at radius 3 is 2.33 bits per heavy atom. The lowest BCUT2D eigenvalue weighted by molar-refractivity contribution is -0.137. The van der Waals surface area contributed by atoms with E-state index in [9.17, 15) is 17.6 Å². The van der Waals surface area contributed by atoms with Crippen molar-refractivity contribution in [2.45, 2.75) is 44.6 Å². The molecule has 1 aromatic carbocycles. The second kappa shape index (κ2) is 6.13. The van der Waals surface area contributed by atoms with Gasteiger partial charge < -0.3 is 0 Å². The molecule has 0 aliphatic carbocycles. The predicted octanol–water partition coefficient (Wildman–Crippen LogP) is 5.07. The highest BCUT2D eigenvalue weighted by Crippen LogP contribution is 2.33. The summed E-state index contributed by atoms with van der Waals surface area (Å²) in [7, 11) is 0. The molecule has 1 aliphatic rings. The van der Waals surface area contributed by atoms with Gasteiger partial charge in [-0.05, 0) is 43.0 Å². The molecule has 1 aliphatic heterocycles. The summed E-state index contributed by atoms with van der Waals surface area (Å²) < 4.78 is 52.4. The molecule has 0 N–H and O–H groups in total. The number of benzene rings is 1. The van der Waals surface area contributed by atoms with Gasteiger partial charge in [-0.25, -0.2) is 4.39 Å². The van der Waals surface area contributed by atoms with Crippen molar-refractivity contribution in [1.29, 1.82) is 0 Å². The van der Waals surface area contributed by atoms with Crippen LogP contribution in [0, 0.1) is 0 Å². The molecule has 1 saturated heterocycles. The quantitative estimate of drug-likeness (QED) is 0.702. The van der Waals surface area contributed by atoms with Gasteiger partial charge in [-0.1, -0.05) is 18.5 Å². The van der Waals surface area contributed by atoms with Gasteiger partial charge in [0.15, 0.2) is 0 Å². The smallest absolute Gasteiger partial charge is 0.299 e. The first kappa shape index (κ1) is 16.6. The van der Waals surface area contributed by atoms with E-state index < -0.39 is 17.4 Å². The van der Waals surface area contributed by atoms with E-state index in [1.165, 1.54) is 6.07 Å². The Morgan fingerprint density at radius 2 is 1.81 bits per heavy atom. The third-order valence-electron chi connectivity index (χ3n) is 4.08. The van der Waals surface area contributed by atoms with E-state index in [2.05, 4.69) is 0 Å². The number of likely N-dealkylation sites (tertiary alicyclic amines) is 1. The molecule has 0 atom stereocenters. The van der Waals surface area contributed by atoms with Crippen LogP contribution in [0.15, 0.2) is 18.2 Å². The lowest BCUT2D eigenvalue weighted by atomic mass is 9.90. The number of hydrogen-bond donors (Lipinski definition) is 0. The molecule has 118 valence electrons. The molecule has 0 bridgehead atoms. The van der Waals surface area contributed by atoms with Crippen LogP contribution in [0.5, 0.6) is 0 Å². The highest BCUT2D eigenvalue weighted by atomic mass is 35.5. The molecule has 1 nitrogen and oxygen atoms in total. The molecule has 1 fully saturated rings. The zero-order valence-electron chi connectivity index (χ0n) is 11.8. The second-order valence-electron chi connectivity index (χ2n) is 5.63. The lowest BCUT2D eigenvalue weighted by Gasteiger charge is -2.36. The largest absolute Gasteiger partial charge is 0.416 e. The van der Waals surface area contributed by atoms with Crippen LogP contribution in [-0.2, 0) is 12.7 Å². The van der Waals surface area contributed by atoms with Crippen LogP contribution < -0.4 is 0 Å². The van der Waals surface area contributed by atoms with E-state index in [-0.39, 0.29) is 5.02 Å². The summed E-state index contributed by atoms with van der Waals surface area (Å²) in [5.74, 6) is 0. The van der Waals surface area contributed by atoms with E-state index in [1.807, 2.05) is 11.8 Å². The third kappa shape index (κ3) is 4.33. The van der Waals surface area contributed by atoms with Gasteiger partial charge in [0.2, 0.25) is 0 Å². The number of piperidine rings is 1. The maximum atomic E-state index is 14.1. The Morgan fingerprint density at radius 1 is 1.19 bits per heavy atom. The molecular weight excluding hydrogens is 306 g/mol. The first-order chi connectivity index (χ1) is 9.72. The van der Waals surface area contributed by atoms with Gasteiger partial charge in [-0.3, -0.25) is 4.90 Å². The number of halogens is 5. The van der Waals surface area contributed by atoms with Crippen LogP contribution >= 0.6 is 11.6 Å². The van der Waals surface area contributed by atoms with Gasteiger partial charge in [0, 0.05) is 24.7 Å². The van der Waals surface area contributed by atoms with Gasteiger partial charge >= 0.3 is 6.18 Å². The fraction of sp³-hybridized carbons (Fsp3) is 0.600. The minimum Gasteiger partial charge on any atom is -0.299 e. The van der Waals surface area contributed by atoms with E-state index in [1.54, 1.807) is 0 Å². The van der Waals surface area contributed by atoms with Crippen LogP contribution in [0.3, 0.4) is 0 Å². The molecule has 6 heteroatoms. The highest BCUT2D eigenvalue weighted by molar-refractivity contribution is 6.30. The molecule has 0 radical (unpaired) electrons. The summed E-state index contributed by atoms with van der Waals surface area (Å²) in [6.07, 6.45) is -3.07. The number of hydrogen-bond acceptors (Lipinski definition) is 1. The van der Waals surface area contributed by atoms with E-state index >= 15 is 0 Å². The van der Waals surface area contributed by atoms with Crippen LogP contribution in [0.1, 0.15) is 37.3 Å². The summed E-state index contributed by atoms with van der Waals surface area (Å²) in [6, 6.07) is 3.57. The van der Waals surface area contributed by atoms with Crippen molar-refractivity contribution in [3.8, 4) is 0 Å². The zero-order chi connectivity index (χ0) is 15.7. The van der Waals surface area contributed by atoms with Gasteiger partial charge in [-0.2, -0.15) is 13.2 Å². The maximum Gasteiger partial charge on any atom is 0.416 e. The van der Waals surface area contributed by atoms with Crippen molar-refractivity contribution in [1.82, 2.24) is 4.90 Å². The van der Waals surface area contributed by atoms with E-state index in [0.717, 1.165) is 12.1 Å². The Hall–Kier alpha value is -0.810. The van der Waals surface area contributed by atoms with Crippen LogP contribution in [0.2, 0.25) is 5.02 Å². The van der Waals surface area contributed by atoms with E-state index in [4.69, 9.17) is 11.6 Å². The summed E-state index contributed by atoms with van der Waals surface area (Å²) in [5.41, 5.74) is -1.35. The summed E-state index contributed by atoms with van der Waals surface area (Å²) in [4.78, 5) is 1.97. The zero-order valence-corrected chi connectivity index (χ0v) is 12.6. The monoisotopic (exact) mass is 323 g/mol. The van der Waals surface area contributed by atoms with Gasteiger partial charge in [-0.15, -0.1) is 0 Å². The minimum atomic E-state index is -4.40. The molecule has 0 amide bonds. The average Bonchev–Trinajstić information content (AvgIpc) is 2.40. The molecule has 0 saturated carbocycles. The van der Waals surface area contributed by atoms with Crippen molar-refractivity contribution >= 4 is 11.6 Å². The van der Waals surface area contributed by atoms with Crippen LogP contribution in [0.4, 0.5) is 17.6 Å². The fourth-order valence-corrected chi connectivity index (χ4v) is 2.89. The summed E-state index contributed by atoms with van der Waals surface area (Å²) in [6.45, 7) is 3.29. The standard InChI is InChI=1S/C15H18ClF4N/c1-2-14(17)3-5-21(6-4-14)10-11-7-12(15(18,19)20)9-13(16)8-11/h7-9H,2-6,10H2,1H3. The molecular formula is C15H18ClF4N. The Bertz CT molecular complexity index is 493.